The van der Waals surface area contributed by atoms with Crippen LogP contribution in [0.2, 0.25) is 0 Å². The Morgan fingerprint density at radius 1 is 1.07 bits per heavy atom. The maximum Gasteiger partial charge on any atom is 0.238 e. The number of halogens is 1. The largest absolute Gasteiger partial charge is 0.392 e. The van der Waals surface area contributed by atoms with Crippen molar-refractivity contribution in [2.75, 3.05) is 24.3 Å². The van der Waals surface area contributed by atoms with Gasteiger partial charge in [0.15, 0.2) is 5.82 Å². The molecule has 8 nitrogen and oxygen atoms in total. The molecule has 5 heterocycles. The molecule has 44 heavy (non-hydrogen) atoms. The molecule has 0 spiro atoms. The smallest absolute Gasteiger partial charge is 0.238 e. The first-order chi connectivity index (χ1) is 21.4. The van der Waals surface area contributed by atoms with Crippen LogP contribution in [0.4, 0.5) is 11.5 Å². The molecule has 1 saturated heterocycles. The average molecular weight is 625 g/mol. The van der Waals surface area contributed by atoms with Crippen LogP contribution < -0.4 is 5.32 Å². The van der Waals surface area contributed by atoms with Crippen molar-refractivity contribution in [2.24, 2.45) is 0 Å². The molecule has 2 aliphatic heterocycles. The second kappa shape index (κ2) is 11.9. The number of carbonyl (C=O) groups is 1. The van der Waals surface area contributed by atoms with Crippen LogP contribution >= 0.6 is 22.9 Å². The van der Waals surface area contributed by atoms with Gasteiger partial charge in [-0.05, 0) is 66.3 Å². The number of aliphatic hydroxyl groups excluding tert-OH is 1. The lowest BCUT2D eigenvalue weighted by Gasteiger charge is -2.17. The number of β-amino-alcohol motifs (C(OH)–C–C–N with tert-alkyl or cyclic N) is 1. The van der Waals surface area contributed by atoms with E-state index in [4.69, 9.17) is 21.6 Å². The molecular weight excluding hydrogens is 592 g/mol. The number of aliphatic hydroxyl groups is 1. The molecule has 5 aromatic rings. The molecule has 7 rings (SSSR count). The molecule has 1 atom stereocenters. The molecule has 1 amide bonds. The van der Waals surface area contributed by atoms with E-state index in [1.165, 1.54) is 0 Å². The quantitative estimate of drug-likeness (QED) is 0.202. The summed E-state index contributed by atoms with van der Waals surface area (Å²) < 4.78 is 0. The van der Waals surface area contributed by atoms with Gasteiger partial charge in [0.1, 0.15) is 16.4 Å². The number of benzene rings is 2. The molecule has 2 aromatic carbocycles. The molecule has 2 aliphatic rings. The topological polar surface area (TPSA) is 94.5 Å². The fourth-order valence-electron chi connectivity index (χ4n) is 6.26. The molecule has 1 unspecified atom stereocenters. The van der Waals surface area contributed by atoms with Crippen molar-refractivity contribution < 1.29 is 9.90 Å². The lowest BCUT2D eigenvalue weighted by molar-refractivity contribution is -0.129. The fraction of sp³-hybridized carbons (Fsp3) is 0.294. The average Bonchev–Trinajstić information content (AvgIpc) is 3.73. The Morgan fingerprint density at radius 3 is 2.64 bits per heavy atom. The highest BCUT2D eigenvalue weighted by Gasteiger charge is 2.27. The standard InChI is InChI=1S/C34H33ClN6O2S/c1-20-25(5-3-7-27(20)34-39-29-18-41(31(43)14-35)19-30(29)44-34)26-6-4-8-28(21(26)2)38-33-32-23(9-11-36-33)13-22(15-37-32)16-40-12-10-24(42)17-40/h3-9,11,13,15,24,42H,10,12,14,16-19H2,1-2H3,(H,36,38). The number of amides is 1. The molecule has 0 radical (unpaired) electrons. The van der Waals surface area contributed by atoms with Crippen LogP contribution in [0.15, 0.2) is 60.9 Å². The third-order valence-corrected chi connectivity index (χ3v) is 10.0. The zero-order valence-corrected chi connectivity index (χ0v) is 26.3. The number of aromatic nitrogens is 3. The van der Waals surface area contributed by atoms with Gasteiger partial charge in [0, 0.05) is 53.5 Å². The fourth-order valence-corrected chi connectivity index (χ4v) is 7.60. The van der Waals surface area contributed by atoms with Crippen molar-refractivity contribution in [1.82, 2.24) is 24.8 Å². The van der Waals surface area contributed by atoms with Crippen molar-refractivity contribution in [3.63, 3.8) is 0 Å². The van der Waals surface area contributed by atoms with Crippen LogP contribution in [0.1, 0.15) is 33.7 Å². The van der Waals surface area contributed by atoms with E-state index in [9.17, 15) is 9.90 Å². The Kier molecular flexibility index (Phi) is 7.80. The predicted octanol–water partition coefficient (Wildman–Crippen LogP) is 6.43. The number of nitrogens with one attached hydrogen (secondary N) is 1. The number of pyridine rings is 2. The van der Waals surface area contributed by atoms with Crippen molar-refractivity contribution in [2.45, 2.75) is 46.0 Å². The summed E-state index contributed by atoms with van der Waals surface area (Å²) in [6.07, 6.45) is 4.33. The third kappa shape index (κ3) is 5.45. The van der Waals surface area contributed by atoms with Gasteiger partial charge < -0.3 is 15.3 Å². The summed E-state index contributed by atoms with van der Waals surface area (Å²) in [5.74, 6) is 0.657. The maximum absolute atomic E-state index is 12.1. The van der Waals surface area contributed by atoms with E-state index >= 15 is 0 Å². The van der Waals surface area contributed by atoms with Gasteiger partial charge in [0.05, 0.1) is 24.9 Å². The van der Waals surface area contributed by atoms with E-state index in [0.717, 1.165) is 90.9 Å². The summed E-state index contributed by atoms with van der Waals surface area (Å²) in [5.41, 5.74) is 9.57. The Balaban J connectivity index is 1.15. The van der Waals surface area contributed by atoms with Gasteiger partial charge in [-0.25, -0.2) is 9.97 Å². The summed E-state index contributed by atoms with van der Waals surface area (Å²) in [6.45, 7) is 7.76. The minimum absolute atomic E-state index is 0.00444. The highest BCUT2D eigenvalue weighted by Crippen LogP contribution is 2.40. The number of thiazole rings is 1. The van der Waals surface area contributed by atoms with Crippen LogP contribution in [0.3, 0.4) is 0 Å². The first-order valence-electron chi connectivity index (χ1n) is 14.8. The molecular formula is C34H33ClN6O2S. The number of carbonyl (C=O) groups excluding carboxylic acids is 1. The van der Waals surface area contributed by atoms with E-state index < -0.39 is 0 Å². The number of anilines is 2. The van der Waals surface area contributed by atoms with Crippen LogP contribution in [-0.4, -0.2) is 60.8 Å². The van der Waals surface area contributed by atoms with Crippen LogP contribution in [0.5, 0.6) is 0 Å². The van der Waals surface area contributed by atoms with E-state index in [-0.39, 0.29) is 17.9 Å². The summed E-state index contributed by atoms with van der Waals surface area (Å²) in [5, 5.41) is 15.5. The van der Waals surface area contributed by atoms with E-state index in [1.54, 1.807) is 16.2 Å². The van der Waals surface area contributed by atoms with Crippen LogP contribution in [-0.2, 0) is 24.4 Å². The Bertz CT molecular complexity index is 1870. The highest BCUT2D eigenvalue weighted by atomic mass is 35.5. The van der Waals surface area contributed by atoms with Gasteiger partial charge in [-0.2, -0.15) is 0 Å². The number of likely N-dealkylation sites (tertiary alicyclic amines) is 1. The van der Waals surface area contributed by atoms with Gasteiger partial charge >= 0.3 is 0 Å². The van der Waals surface area contributed by atoms with Crippen molar-refractivity contribution in [1.29, 1.82) is 0 Å². The molecule has 0 aliphatic carbocycles. The van der Waals surface area contributed by atoms with Crippen molar-refractivity contribution >= 4 is 51.3 Å². The van der Waals surface area contributed by atoms with Gasteiger partial charge in [-0.1, -0.05) is 30.3 Å². The summed E-state index contributed by atoms with van der Waals surface area (Å²) >= 11 is 7.42. The maximum atomic E-state index is 12.1. The highest BCUT2D eigenvalue weighted by molar-refractivity contribution is 7.15. The number of alkyl halides is 1. The first-order valence-corrected chi connectivity index (χ1v) is 16.2. The number of fused-ring (bicyclic) bond motifs is 2. The zero-order valence-electron chi connectivity index (χ0n) is 24.7. The number of rotatable bonds is 7. The summed E-state index contributed by atoms with van der Waals surface area (Å²) in [6, 6.07) is 16.8. The van der Waals surface area contributed by atoms with Crippen molar-refractivity contribution in [3.8, 4) is 21.7 Å². The molecule has 3 aromatic heterocycles. The van der Waals surface area contributed by atoms with Gasteiger partial charge in [0.2, 0.25) is 5.91 Å². The minimum atomic E-state index is -0.234. The second-order valence-corrected chi connectivity index (χ2v) is 13.0. The Labute approximate surface area is 265 Å². The van der Waals surface area contributed by atoms with Crippen LogP contribution in [0, 0.1) is 13.8 Å². The SMILES string of the molecule is Cc1c(Nc2nccc3cc(CN4CCC(O)C4)cnc23)cccc1-c1cccc(-c2nc3c(s2)CN(C(=O)CCl)C3)c1C. The van der Waals surface area contributed by atoms with Gasteiger partial charge in [0.25, 0.3) is 0 Å². The minimum Gasteiger partial charge on any atom is -0.392 e. The number of nitrogens with zero attached hydrogens (tertiary/aromatic N) is 5. The lowest BCUT2D eigenvalue weighted by atomic mass is 9.93. The molecule has 0 bridgehead atoms. The zero-order chi connectivity index (χ0) is 30.4. The van der Waals surface area contributed by atoms with Gasteiger partial charge in [-0.15, -0.1) is 22.9 Å². The molecule has 2 N–H and O–H groups in total. The molecule has 1 fully saturated rings. The Morgan fingerprint density at radius 2 is 1.86 bits per heavy atom. The predicted molar refractivity (Wildman–Crippen MR) is 176 cm³/mol. The summed E-state index contributed by atoms with van der Waals surface area (Å²) in [4.78, 5) is 31.6. The second-order valence-electron chi connectivity index (χ2n) is 11.6. The number of hydrogen-bond donors (Lipinski definition) is 2. The summed E-state index contributed by atoms with van der Waals surface area (Å²) in [7, 11) is 0. The van der Waals surface area contributed by atoms with E-state index in [0.29, 0.717) is 19.6 Å². The molecule has 0 saturated carbocycles. The lowest BCUT2D eigenvalue weighted by Crippen LogP contribution is -2.26. The van der Waals surface area contributed by atoms with Crippen LogP contribution in [0.25, 0.3) is 32.6 Å². The van der Waals surface area contributed by atoms with E-state index in [2.05, 4.69) is 71.5 Å². The normalized spacial score (nSPS) is 16.5. The third-order valence-electron chi connectivity index (χ3n) is 8.67. The number of hydrogen-bond acceptors (Lipinski definition) is 8. The Hall–Kier alpha value is -3.89. The molecule has 10 heteroatoms. The monoisotopic (exact) mass is 624 g/mol. The first kappa shape index (κ1) is 28.9. The molecule has 224 valence electrons. The van der Waals surface area contributed by atoms with E-state index in [1.807, 2.05) is 18.5 Å². The van der Waals surface area contributed by atoms with Crippen molar-refractivity contribution in [3.05, 3.63) is 88.2 Å². The van der Waals surface area contributed by atoms with Gasteiger partial charge in [-0.3, -0.25) is 14.7 Å².